The molecule has 2 atom stereocenters. The molecule has 0 radical (unpaired) electrons. The van der Waals surface area contributed by atoms with Gasteiger partial charge in [-0.15, -0.1) is 0 Å². The average Bonchev–Trinajstić information content (AvgIpc) is 3.14. The summed E-state index contributed by atoms with van der Waals surface area (Å²) in [5.41, 5.74) is 0. The predicted molar refractivity (Wildman–Crippen MR) is 97.2 cm³/mol. The molecule has 1 aromatic rings. The highest BCUT2D eigenvalue weighted by Crippen LogP contribution is 2.18. The summed E-state index contributed by atoms with van der Waals surface area (Å²) in [6.45, 7) is 8.48. The molecule has 24 heavy (non-hydrogen) atoms. The molecule has 1 fully saturated rings. The van der Waals surface area contributed by atoms with Crippen LogP contribution >= 0.6 is 0 Å². The number of nitrogens with one attached hydrogen (secondary N) is 2. The van der Waals surface area contributed by atoms with Gasteiger partial charge in [-0.3, -0.25) is 9.89 Å². The number of nitrogens with zero attached hydrogens (tertiary/aromatic N) is 2. The van der Waals surface area contributed by atoms with E-state index in [4.69, 9.17) is 4.42 Å². The standard InChI is InChI=1S/C18H32N4O2/c1-3-15-8-5-6-11-22(15)12-10-20-18(19-4-2)21-14-16(23)17-9-7-13-24-17/h7,9,13,15-16,23H,3-6,8,10-12,14H2,1-2H3,(H2,19,20,21). The monoisotopic (exact) mass is 336 g/mol. The summed E-state index contributed by atoms with van der Waals surface area (Å²) >= 11 is 0. The Labute approximate surface area is 145 Å². The second kappa shape index (κ2) is 10.4. The van der Waals surface area contributed by atoms with E-state index in [2.05, 4.69) is 27.4 Å². The maximum Gasteiger partial charge on any atom is 0.191 e. The number of aliphatic hydroxyl groups is 1. The lowest BCUT2D eigenvalue weighted by molar-refractivity contribution is 0.146. The third-order valence-electron chi connectivity index (χ3n) is 4.55. The van der Waals surface area contributed by atoms with E-state index in [-0.39, 0.29) is 6.54 Å². The molecule has 1 aromatic heterocycles. The van der Waals surface area contributed by atoms with Crippen molar-refractivity contribution in [2.45, 2.75) is 51.7 Å². The largest absolute Gasteiger partial charge is 0.467 e. The topological polar surface area (TPSA) is 73.0 Å². The number of furan rings is 1. The van der Waals surface area contributed by atoms with Crippen LogP contribution in [0.25, 0.3) is 0 Å². The summed E-state index contributed by atoms with van der Waals surface area (Å²) in [6, 6.07) is 4.26. The zero-order valence-corrected chi connectivity index (χ0v) is 15.0. The van der Waals surface area contributed by atoms with Gasteiger partial charge < -0.3 is 20.2 Å². The van der Waals surface area contributed by atoms with E-state index >= 15 is 0 Å². The van der Waals surface area contributed by atoms with Crippen molar-refractivity contribution in [2.24, 2.45) is 4.99 Å². The molecular formula is C18H32N4O2. The van der Waals surface area contributed by atoms with Crippen LogP contribution in [0.5, 0.6) is 0 Å². The SMILES string of the molecule is CCNC(=NCC(O)c1ccco1)NCCN1CCCCC1CC. The predicted octanol–water partition coefficient (Wildman–Crippen LogP) is 2.13. The summed E-state index contributed by atoms with van der Waals surface area (Å²) < 4.78 is 5.21. The van der Waals surface area contributed by atoms with Gasteiger partial charge in [-0.05, 0) is 44.9 Å². The Balaban J connectivity index is 1.78. The van der Waals surface area contributed by atoms with E-state index in [1.807, 2.05) is 6.92 Å². The molecule has 1 aliphatic heterocycles. The Morgan fingerprint density at radius 2 is 2.29 bits per heavy atom. The molecule has 0 amide bonds. The van der Waals surface area contributed by atoms with Gasteiger partial charge in [0.05, 0.1) is 12.8 Å². The first kappa shape index (κ1) is 18.8. The van der Waals surface area contributed by atoms with Crippen molar-refractivity contribution in [2.75, 3.05) is 32.7 Å². The number of likely N-dealkylation sites (tertiary alicyclic amines) is 1. The molecule has 3 N–H and O–H groups in total. The minimum absolute atomic E-state index is 0.282. The van der Waals surface area contributed by atoms with Crippen molar-refractivity contribution in [1.82, 2.24) is 15.5 Å². The molecule has 1 saturated heterocycles. The first-order chi connectivity index (χ1) is 11.7. The third kappa shape index (κ3) is 5.83. The number of aliphatic hydroxyl groups excluding tert-OH is 1. The molecular weight excluding hydrogens is 304 g/mol. The fraction of sp³-hybridized carbons (Fsp3) is 0.722. The van der Waals surface area contributed by atoms with Crippen molar-refractivity contribution >= 4 is 5.96 Å². The number of hydrogen-bond donors (Lipinski definition) is 3. The second-order valence-corrected chi connectivity index (χ2v) is 6.27. The van der Waals surface area contributed by atoms with E-state index in [0.29, 0.717) is 5.76 Å². The second-order valence-electron chi connectivity index (χ2n) is 6.27. The number of hydrogen-bond acceptors (Lipinski definition) is 4. The van der Waals surface area contributed by atoms with Gasteiger partial charge in [0.2, 0.25) is 0 Å². The number of aliphatic imine (C=N–C) groups is 1. The van der Waals surface area contributed by atoms with Crippen LogP contribution in [-0.4, -0.2) is 54.7 Å². The molecule has 0 aliphatic carbocycles. The Bertz CT molecular complexity index is 475. The van der Waals surface area contributed by atoms with Crippen LogP contribution in [0.15, 0.2) is 27.8 Å². The highest BCUT2D eigenvalue weighted by atomic mass is 16.4. The molecule has 0 aromatic carbocycles. The van der Waals surface area contributed by atoms with Crippen LogP contribution in [0.3, 0.4) is 0 Å². The lowest BCUT2D eigenvalue weighted by Gasteiger charge is -2.35. The number of piperidine rings is 1. The van der Waals surface area contributed by atoms with Crippen LogP contribution in [0.1, 0.15) is 51.4 Å². The minimum Gasteiger partial charge on any atom is -0.467 e. The van der Waals surface area contributed by atoms with Gasteiger partial charge in [0, 0.05) is 25.7 Å². The first-order valence-electron chi connectivity index (χ1n) is 9.22. The van der Waals surface area contributed by atoms with Crippen LogP contribution < -0.4 is 10.6 Å². The highest BCUT2D eigenvalue weighted by molar-refractivity contribution is 5.79. The van der Waals surface area contributed by atoms with Crippen molar-refractivity contribution in [3.63, 3.8) is 0 Å². The highest BCUT2D eigenvalue weighted by Gasteiger charge is 2.20. The van der Waals surface area contributed by atoms with E-state index in [0.717, 1.165) is 31.6 Å². The molecule has 1 aliphatic rings. The Kier molecular flexibility index (Phi) is 8.12. The van der Waals surface area contributed by atoms with Crippen molar-refractivity contribution < 1.29 is 9.52 Å². The van der Waals surface area contributed by atoms with E-state index < -0.39 is 6.10 Å². The molecule has 2 heterocycles. The molecule has 0 spiro atoms. The third-order valence-corrected chi connectivity index (χ3v) is 4.55. The zero-order valence-electron chi connectivity index (χ0n) is 15.0. The van der Waals surface area contributed by atoms with Crippen molar-refractivity contribution in [3.05, 3.63) is 24.2 Å². The maximum absolute atomic E-state index is 10.1. The van der Waals surface area contributed by atoms with Gasteiger partial charge in [0.1, 0.15) is 11.9 Å². The van der Waals surface area contributed by atoms with Crippen molar-refractivity contribution in [1.29, 1.82) is 0 Å². The van der Waals surface area contributed by atoms with Gasteiger partial charge in [0.15, 0.2) is 5.96 Å². The zero-order chi connectivity index (χ0) is 17.2. The molecule has 0 saturated carbocycles. The first-order valence-corrected chi connectivity index (χ1v) is 9.22. The fourth-order valence-electron chi connectivity index (χ4n) is 3.22. The average molecular weight is 336 g/mol. The lowest BCUT2D eigenvalue weighted by Crippen LogP contribution is -2.46. The van der Waals surface area contributed by atoms with Gasteiger partial charge in [-0.2, -0.15) is 0 Å². The van der Waals surface area contributed by atoms with E-state index in [9.17, 15) is 5.11 Å². The number of guanidine groups is 1. The Morgan fingerprint density at radius 1 is 1.42 bits per heavy atom. The quantitative estimate of drug-likeness (QED) is 0.501. The molecule has 0 bridgehead atoms. The molecule has 6 nitrogen and oxygen atoms in total. The number of rotatable bonds is 8. The molecule has 2 rings (SSSR count). The van der Waals surface area contributed by atoms with Crippen LogP contribution in [0.4, 0.5) is 0 Å². The van der Waals surface area contributed by atoms with Crippen LogP contribution in [0, 0.1) is 0 Å². The minimum atomic E-state index is -0.706. The maximum atomic E-state index is 10.1. The lowest BCUT2D eigenvalue weighted by atomic mass is 10.0. The molecule has 136 valence electrons. The van der Waals surface area contributed by atoms with Gasteiger partial charge in [-0.25, -0.2) is 0 Å². The summed E-state index contributed by atoms with van der Waals surface area (Å²) in [5, 5.41) is 16.7. The van der Waals surface area contributed by atoms with E-state index in [1.165, 1.54) is 32.2 Å². The molecule has 2 unspecified atom stereocenters. The smallest absolute Gasteiger partial charge is 0.191 e. The van der Waals surface area contributed by atoms with Gasteiger partial charge >= 0.3 is 0 Å². The van der Waals surface area contributed by atoms with E-state index in [1.54, 1.807) is 18.4 Å². The van der Waals surface area contributed by atoms with Crippen molar-refractivity contribution in [3.8, 4) is 0 Å². The molecule has 6 heteroatoms. The van der Waals surface area contributed by atoms with Gasteiger partial charge in [-0.1, -0.05) is 13.3 Å². The Morgan fingerprint density at radius 3 is 3.00 bits per heavy atom. The van der Waals surface area contributed by atoms with Gasteiger partial charge in [0.25, 0.3) is 0 Å². The fourth-order valence-corrected chi connectivity index (χ4v) is 3.22. The summed E-state index contributed by atoms with van der Waals surface area (Å²) in [6.07, 6.45) is 6.07. The summed E-state index contributed by atoms with van der Waals surface area (Å²) in [4.78, 5) is 7.04. The normalized spacial score (nSPS) is 20.8. The summed E-state index contributed by atoms with van der Waals surface area (Å²) in [7, 11) is 0. The van der Waals surface area contributed by atoms with Crippen LogP contribution in [0.2, 0.25) is 0 Å². The van der Waals surface area contributed by atoms with Crippen LogP contribution in [-0.2, 0) is 0 Å². The Hall–Kier alpha value is -1.53. The summed E-state index contributed by atoms with van der Waals surface area (Å²) in [5.74, 6) is 1.29.